The van der Waals surface area contributed by atoms with Crippen molar-refractivity contribution in [2.24, 2.45) is 0 Å². The number of furan rings is 1. The zero-order valence-electron chi connectivity index (χ0n) is 12.3. The molecule has 0 aromatic carbocycles. The summed E-state index contributed by atoms with van der Waals surface area (Å²) in [5.41, 5.74) is 0. The molecule has 116 valence electrons. The van der Waals surface area contributed by atoms with Gasteiger partial charge in [-0.2, -0.15) is 11.8 Å². The maximum absolute atomic E-state index is 12.0. The van der Waals surface area contributed by atoms with Gasteiger partial charge in [-0.25, -0.2) is 13.1 Å². The number of rotatable bonds is 10. The minimum atomic E-state index is -3.52. The van der Waals surface area contributed by atoms with E-state index in [0.29, 0.717) is 24.9 Å². The van der Waals surface area contributed by atoms with Crippen LogP contribution in [0.25, 0.3) is 0 Å². The molecular weight excluding hydrogens is 296 g/mol. The van der Waals surface area contributed by atoms with E-state index in [9.17, 15) is 8.42 Å². The smallest absolute Gasteiger partial charge is 0.273 e. The topological polar surface area (TPSA) is 71.3 Å². The Hall–Kier alpha value is -0.500. The molecule has 7 heteroatoms. The first-order valence-corrected chi connectivity index (χ1v) is 9.64. The predicted octanol–water partition coefficient (Wildman–Crippen LogP) is 2.20. The second-order valence-corrected chi connectivity index (χ2v) is 7.54. The highest BCUT2D eigenvalue weighted by atomic mass is 32.2. The normalized spacial score (nSPS) is 12.2. The SMILES string of the molecule is CSCCCCNS(=O)(=O)c1ccc(CNC(C)C)o1. The Morgan fingerprint density at radius 1 is 1.30 bits per heavy atom. The molecule has 0 amide bonds. The van der Waals surface area contributed by atoms with Crippen LogP contribution in [0.2, 0.25) is 0 Å². The largest absolute Gasteiger partial charge is 0.447 e. The molecule has 0 fully saturated rings. The number of thioether (sulfide) groups is 1. The van der Waals surface area contributed by atoms with E-state index in [1.807, 2.05) is 20.1 Å². The van der Waals surface area contributed by atoms with Crippen molar-refractivity contribution in [1.82, 2.24) is 10.0 Å². The molecule has 0 aliphatic heterocycles. The van der Waals surface area contributed by atoms with E-state index in [4.69, 9.17) is 4.42 Å². The zero-order chi connectivity index (χ0) is 15.0. The summed E-state index contributed by atoms with van der Waals surface area (Å²) >= 11 is 1.76. The van der Waals surface area contributed by atoms with Gasteiger partial charge in [0.2, 0.25) is 5.09 Å². The summed E-state index contributed by atoms with van der Waals surface area (Å²) < 4.78 is 31.9. The monoisotopic (exact) mass is 320 g/mol. The van der Waals surface area contributed by atoms with Gasteiger partial charge in [-0.1, -0.05) is 13.8 Å². The molecule has 1 rings (SSSR count). The first-order valence-electron chi connectivity index (χ1n) is 6.76. The van der Waals surface area contributed by atoms with Gasteiger partial charge in [-0.05, 0) is 37.0 Å². The molecule has 0 atom stereocenters. The van der Waals surface area contributed by atoms with Crippen LogP contribution in [0.4, 0.5) is 0 Å². The molecule has 1 heterocycles. The second kappa shape index (κ2) is 8.71. The first kappa shape index (κ1) is 17.6. The number of hydrogen-bond acceptors (Lipinski definition) is 5. The van der Waals surface area contributed by atoms with Gasteiger partial charge >= 0.3 is 0 Å². The van der Waals surface area contributed by atoms with E-state index in [1.165, 1.54) is 6.07 Å². The number of unbranched alkanes of at least 4 members (excludes halogenated alkanes) is 1. The first-order chi connectivity index (χ1) is 9.45. The fourth-order valence-corrected chi connectivity index (χ4v) is 3.06. The van der Waals surface area contributed by atoms with E-state index < -0.39 is 10.0 Å². The van der Waals surface area contributed by atoms with E-state index >= 15 is 0 Å². The van der Waals surface area contributed by atoms with Crippen LogP contribution in [0.15, 0.2) is 21.6 Å². The van der Waals surface area contributed by atoms with Crippen molar-refractivity contribution in [1.29, 1.82) is 0 Å². The van der Waals surface area contributed by atoms with Gasteiger partial charge in [-0.3, -0.25) is 0 Å². The third-order valence-electron chi connectivity index (χ3n) is 2.65. The Morgan fingerprint density at radius 3 is 2.70 bits per heavy atom. The van der Waals surface area contributed by atoms with E-state index in [-0.39, 0.29) is 5.09 Å². The minimum Gasteiger partial charge on any atom is -0.447 e. The van der Waals surface area contributed by atoms with Crippen molar-refractivity contribution in [2.75, 3.05) is 18.6 Å². The molecule has 0 aliphatic carbocycles. The van der Waals surface area contributed by atoms with Gasteiger partial charge in [0.05, 0.1) is 6.54 Å². The van der Waals surface area contributed by atoms with Crippen molar-refractivity contribution in [3.05, 3.63) is 17.9 Å². The Morgan fingerprint density at radius 2 is 2.05 bits per heavy atom. The lowest BCUT2D eigenvalue weighted by molar-refractivity contribution is 0.393. The molecule has 0 saturated heterocycles. The van der Waals surface area contributed by atoms with Crippen LogP contribution < -0.4 is 10.0 Å². The van der Waals surface area contributed by atoms with Crippen molar-refractivity contribution < 1.29 is 12.8 Å². The van der Waals surface area contributed by atoms with Crippen LogP contribution in [0.3, 0.4) is 0 Å². The fourth-order valence-electron chi connectivity index (χ4n) is 1.55. The number of sulfonamides is 1. The summed E-state index contributed by atoms with van der Waals surface area (Å²) in [4.78, 5) is 0. The van der Waals surface area contributed by atoms with E-state index in [1.54, 1.807) is 17.8 Å². The van der Waals surface area contributed by atoms with E-state index in [0.717, 1.165) is 18.6 Å². The highest BCUT2D eigenvalue weighted by Crippen LogP contribution is 2.14. The van der Waals surface area contributed by atoms with Gasteiger partial charge in [0.25, 0.3) is 10.0 Å². The van der Waals surface area contributed by atoms with Crippen LogP contribution in [0.5, 0.6) is 0 Å². The lowest BCUT2D eigenvalue weighted by atomic mass is 10.3. The Bertz CT molecular complexity index is 484. The Balaban J connectivity index is 2.46. The van der Waals surface area contributed by atoms with E-state index in [2.05, 4.69) is 10.0 Å². The Labute approximate surface area is 125 Å². The second-order valence-electron chi connectivity index (χ2n) is 4.85. The molecule has 20 heavy (non-hydrogen) atoms. The maximum Gasteiger partial charge on any atom is 0.273 e. The molecular formula is C13H24N2O3S2. The summed E-state index contributed by atoms with van der Waals surface area (Å²) in [7, 11) is -3.52. The molecule has 1 aromatic heterocycles. The fraction of sp³-hybridized carbons (Fsp3) is 0.692. The van der Waals surface area contributed by atoms with Gasteiger partial charge in [0.1, 0.15) is 5.76 Å². The number of hydrogen-bond donors (Lipinski definition) is 2. The zero-order valence-corrected chi connectivity index (χ0v) is 13.9. The summed E-state index contributed by atoms with van der Waals surface area (Å²) in [5, 5.41) is 3.17. The van der Waals surface area contributed by atoms with Gasteiger partial charge in [-0.15, -0.1) is 0 Å². The molecule has 0 bridgehead atoms. The molecule has 0 radical (unpaired) electrons. The van der Waals surface area contributed by atoms with Crippen LogP contribution in [0.1, 0.15) is 32.4 Å². The highest BCUT2D eigenvalue weighted by molar-refractivity contribution is 7.98. The third kappa shape index (κ3) is 6.30. The maximum atomic E-state index is 12.0. The van der Waals surface area contributed by atoms with Crippen molar-refractivity contribution >= 4 is 21.8 Å². The van der Waals surface area contributed by atoms with Gasteiger partial charge in [0.15, 0.2) is 0 Å². The van der Waals surface area contributed by atoms with Crippen molar-refractivity contribution in [3.8, 4) is 0 Å². The average molecular weight is 320 g/mol. The molecule has 1 aromatic rings. The standard InChI is InChI=1S/C13H24N2O3S2/c1-11(2)14-10-12-6-7-13(18-12)20(16,17)15-8-4-5-9-19-3/h6-7,11,14-15H,4-5,8-10H2,1-3H3. The molecule has 0 aliphatic rings. The molecule has 0 saturated carbocycles. The van der Waals surface area contributed by atoms with Crippen LogP contribution in [-0.4, -0.2) is 33.0 Å². The molecule has 5 nitrogen and oxygen atoms in total. The highest BCUT2D eigenvalue weighted by Gasteiger charge is 2.17. The van der Waals surface area contributed by atoms with Crippen LogP contribution in [-0.2, 0) is 16.6 Å². The van der Waals surface area contributed by atoms with Gasteiger partial charge < -0.3 is 9.73 Å². The number of nitrogens with one attached hydrogen (secondary N) is 2. The molecule has 0 spiro atoms. The lowest BCUT2D eigenvalue weighted by Gasteiger charge is -2.06. The predicted molar refractivity (Wildman–Crippen MR) is 83.5 cm³/mol. The average Bonchev–Trinajstić information content (AvgIpc) is 2.85. The van der Waals surface area contributed by atoms with Gasteiger partial charge in [0, 0.05) is 12.6 Å². The van der Waals surface area contributed by atoms with Crippen molar-refractivity contribution in [3.63, 3.8) is 0 Å². The molecule has 0 unspecified atom stereocenters. The third-order valence-corrected chi connectivity index (χ3v) is 4.68. The summed E-state index contributed by atoms with van der Waals surface area (Å²) in [6.45, 7) is 5.03. The van der Waals surface area contributed by atoms with Crippen LogP contribution in [0, 0.1) is 0 Å². The minimum absolute atomic E-state index is 0.0112. The summed E-state index contributed by atoms with van der Waals surface area (Å²) in [6.07, 6.45) is 3.88. The lowest BCUT2D eigenvalue weighted by Crippen LogP contribution is -2.24. The van der Waals surface area contributed by atoms with Crippen LogP contribution >= 0.6 is 11.8 Å². The summed E-state index contributed by atoms with van der Waals surface area (Å²) in [6, 6.07) is 3.52. The quantitative estimate of drug-likeness (QED) is 0.647. The van der Waals surface area contributed by atoms with Crippen molar-refractivity contribution in [2.45, 2.75) is 44.4 Å². The molecule has 2 N–H and O–H groups in total. The summed E-state index contributed by atoms with van der Waals surface area (Å²) in [5.74, 6) is 1.68. The Kier molecular flexibility index (Phi) is 7.65.